The fourth-order valence-corrected chi connectivity index (χ4v) is 2.17. The lowest BCUT2D eigenvalue weighted by Crippen LogP contribution is -2.35. The normalized spacial score (nSPS) is 10.8. The number of hydrazone groups is 1. The zero-order chi connectivity index (χ0) is 18.9. The van der Waals surface area contributed by atoms with Crippen molar-refractivity contribution in [3.63, 3.8) is 0 Å². The first-order valence-corrected chi connectivity index (χ1v) is 7.94. The van der Waals surface area contributed by atoms with Crippen molar-refractivity contribution in [3.8, 4) is 11.5 Å². The van der Waals surface area contributed by atoms with E-state index in [2.05, 4.69) is 15.8 Å². The molecule has 0 saturated carbocycles. The summed E-state index contributed by atoms with van der Waals surface area (Å²) in [6, 6.07) is 14.2. The van der Waals surface area contributed by atoms with Gasteiger partial charge in [-0.3, -0.25) is 9.59 Å². The number of nitrogens with zero attached hydrogens (tertiary/aromatic N) is 1. The van der Waals surface area contributed by atoms with Crippen LogP contribution in [-0.4, -0.2) is 38.3 Å². The molecule has 136 valence electrons. The zero-order valence-corrected chi connectivity index (χ0v) is 14.9. The van der Waals surface area contributed by atoms with Crippen molar-refractivity contribution in [2.24, 2.45) is 5.10 Å². The molecule has 7 nitrogen and oxygen atoms in total. The van der Waals surface area contributed by atoms with Crippen LogP contribution in [-0.2, 0) is 4.79 Å². The van der Waals surface area contributed by atoms with Gasteiger partial charge in [0.15, 0.2) is 11.5 Å². The average Bonchev–Trinajstić information content (AvgIpc) is 2.70. The standard InChI is InChI=1S/C19H21N3O4/c1-13(14-7-5-4-6-8-14)21-22-18(23)12-20-19(24)15-9-10-16(25-2)17(11-15)26-3/h4-11H,12H2,1-3H3,(H,20,24)(H,22,23). The summed E-state index contributed by atoms with van der Waals surface area (Å²) in [5.74, 6) is 0.138. The van der Waals surface area contributed by atoms with E-state index < -0.39 is 11.8 Å². The van der Waals surface area contributed by atoms with E-state index in [1.165, 1.54) is 14.2 Å². The SMILES string of the molecule is COc1ccc(C(=O)NCC(=O)NN=C(C)c2ccccc2)cc1OC. The molecule has 2 rings (SSSR count). The van der Waals surface area contributed by atoms with Gasteiger partial charge in [0, 0.05) is 5.56 Å². The lowest BCUT2D eigenvalue weighted by Gasteiger charge is -2.09. The van der Waals surface area contributed by atoms with Gasteiger partial charge in [0.1, 0.15) is 0 Å². The molecule has 0 saturated heterocycles. The minimum atomic E-state index is -0.422. The van der Waals surface area contributed by atoms with Crippen molar-refractivity contribution in [2.75, 3.05) is 20.8 Å². The molecule has 26 heavy (non-hydrogen) atoms. The van der Waals surface area contributed by atoms with E-state index in [4.69, 9.17) is 9.47 Å². The summed E-state index contributed by atoms with van der Waals surface area (Å²) < 4.78 is 10.3. The topological polar surface area (TPSA) is 89.0 Å². The summed E-state index contributed by atoms with van der Waals surface area (Å²) in [6.07, 6.45) is 0. The highest BCUT2D eigenvalue weighted by Crippen LogP contribution is 2.27. The molecule has 0 radical (unpaired) electrons. The van der Waals surface area contributed by atoms with Crippen molar-refractivity contribution in [2.45, 2.75) is 6.92 Å². The van der Waals surface area contributed by atoms with E-state index >= 15 is 0 Å². The van der Waals surface area contributed by atoms with Crippen LogP contribution in [0.1, 0.15) is 22.8 Å². The van der Waals surface area contributed by atoms with Gasteiger partial charge in [0.2, 0.25) is 0 Å². The Labute approximate surface area is 152 Å². The quantitative estimate of drug-likeness (QED) is 0.587. The van der Waals surface area contributed by atoms with Crippen LogP contribution in [0.2, 0.25) is 0 Å². The Kier molecular flexibility index (Phi) is 6.73. The smallest absolute Gasteiger partial charge is 0.259 e. The first kappa shape index (κ1) is 19.0. The van der Waals surface area contributed by atoms with E-state index in [0.29, 0.717) is 22.8 Å². The predicted molar refractivity (Wildman–Crippen MR) is 98.7 cm³/mol. The molecule has 0 bridgehead atoms. The molecule has 0 atom stereocenters. The van der Waals surface area contributed by atoms with E-state index in [9.17, 15) is 9.59 Å². The van der Waals surface area contributed by atoms with Crippen LogP contribution in [0.5, 0.6) is 11.5 Å². The minimum absolute atomic E-state index is 0.196. The van der Waals surface area contributed by atoms with Crippen LogP contribution in [0, 0.1) is 0 Å². The Morgan fingerprint density at radius 3 is 2.31 bits per heavy atom. The number of benzene rings is 2. The number of carbonyl (C=O) groups is 2. The molecule has 0 aliphatic carbocycles. The molecule has 0 aliphatic heterocycles. The molecule has 0 aromatic heterocycles. The number of amides is 2. The Morgan fingerprint density at radius 1 is 0.962 bits per heavy atom. The van der Waals surface area contributed by atoms with Crippen molar-refractivity contribution in [1.82, 2.24) is 10.7 Å². The third kappa shape index (κ3) is 5.07. The summed E-state index contributed by atoms with van der Waals surface area (Å²) in [6.45, 7) is 1.59. The summed E-state index contributed by atoms with van der Waals surface area (Å²) in [5.41, 5.74) is 4.35. The fraction of sp³-hybridized carbons (Fsp3) is 0.211. The number of ether oxygens (including phenoxy) is 2. The first-order chi connectivity index (χ1) is 12.5. The Bertz CT molecular complexity index is 804. The fourth-order valence-electron chi connectivity index (χ4n) is 2.17. The molecule has 0 fully saturated rings. The van der Waals surface area contributed by atoms with E-state index in [1.807, 2.05) is 30.3 Å². The third-order valence-corrected chi connectivity index (χ3v) is 3.60. The maximum atomic E-state index is 12.2. The van der Waals surface area contributed by atoms with Crippen molar-refractivity contribution in [1.29, 1.82) is 0 Å². The highest BCUT2D eigenvalue weighted by Gasteiger charge is 2.11. The summed E-state index contributed by atoms with van der Waals surface area (Å²) in [5, 5.41) is 6.56. The second kappa shape index (κ2) is 9.22. The maximum absolute atomic E-state index is 12.2. The average molecular weight is 355 g/mol. The van der Waals surface area contributed by atoms with Crippen LogP contribution in [0.3, 0.4) is 0 Å². The molecule has 0 aliphatic rings. The summed E-state index contributed by atoms with van der Waals surface area (Å²) >= 11 is 0. The molecule has 2 N–H and O–H groups in total. The lowest BCUT2D eigenvalue weighted by atomic mass is 10.1. The van der Waals surface area contributed by atoms with Crippen molar-refractivity contribution >= 4 is 17.5 Å². The summed E-state index contributed by atoms with van der Waals surface area (Å²) in [7, 11) is 3.00. The molecule has 0 spiro atoms. The van der Waals surface area contributed by atoms with Gasteiger partial charge in [-0.25, -0.2) is 5.43 Å². The van der Waals surface area contributed by atoms with Crippen molar-refractivity contribution < 1.29 is 19.1 Å². The molecule has 0 heterocycles. The Morgan fingerprint density at radius 2 is 1.65 bits per heavy atom. The van der Waals surface area contributed by atoms with Gasteiger partial charge >= 0.3 is 0 Å². The van der Waals surface area contributed by atoms with Gasteiger partial charge < -0.3 is 14.8 Å². The Hall–Kier alpha value is -3.35. The van der Waals surface area contributed by atoms with Gasteiger partial charge in [-0.05, 0) is 30.7 Å². The lowest BCUT2D eigenvalue weighted by molar-refractivity contribution is -0.120. The number of hydrogen-bond donors (Lipinski definition) is 2. The zero-order valence-electron chi connectivity index (χ0n) is 14.9. The molecule has 7 heteroatoms. The number of nitrogens with one attached hydrogen (secondary N) is 2. The largest absolute Gasteiger partial charge is 0.493 e. The van der Waals surface area contributed by atoms with Crippen LogP contribution in [0.25, 0.3) is 0 Å². The molecule has 2 aromatic rings. The van der Waals surface area contributed by atoms with E-state index in [1.54, 1.807) is 25.1 Å². The first-order valence-electron chi connectivity index (χ1n) is 7.94. The summed E-state index contributed by atoms with van der Waals surface area (Å²) in [4.78, 5) is 24.0. The number of rotatable bonds is 7. The molecule has 2 amide bonds. The van der Waals surface area contributed by atoms with Crippen LogP contribution in [0.4, 0.5) is 0 Å². The van der Waals surface area contributed by atoms with Crippen LogP contribution in [0.15, 0.2) is 53.6 Å². The van der Waals surface area contributed by atoms with Gasteiger partial charge in [-0.1, -0.05) is 30.3 Å². The van der Waals surface area contributed by atoms with E-state index in [-0.39, 0.29) is 6.54 Å². The Balaban J connectivity index is 1.90. The van der Waals surface area contributed by atoms with Gasteiger partial charge in [-0.15, -0.1) is 0 Å². The number of hydrogen-bond acceptors (Lipinski definition) is 5. The van der Waals surface area contributed by atoms with Crippen molar-refractivity contribution in [3.05, 3.63) is 59.7 Å². The predicted octanol–water partition coefficient (Wildman–Crippen LogP) is 1.97. The third-order valence-electron chi connectivity index (χ3n) is 3.60. The maximum Gasteiger partial charge on any atom is 0.259 e. The number of carbonyl (C=O) groups excluding carboxylic acids is 2. The van der Waals surface area contributed by atoms with Gasteiger partial charge in [0.25, 0.3) is 11.8 Å². The molecular formula is C19H21N3O4. The van der Waals surface area contributed by atoms with Gasteiger partial charge in [-0.2, -0.15) is 5.10 Å². The highest BCUT2D eigenvalue weighted by molar-refractivity contribution is 6.00. The second-order valence-corrected chi connectivity index (χ2v) is 5.35. The second-order valence-electron chi connectivity index (χ2n) is 5.35. The van der Waals surface area contributed by atoms with E-state index in [0.717, 1.165) is 5.56 Å². The molecular weight excluding hydrogens is 334 g/mol. The highest BCUT2D eigenvalue weighted by atomic mass is 16.5. The van der Waals surface area contributed by atoms with Crippen LogP contribution >= 0.6 is 0 Å². The molecule has 2 aromatic carbocycles. The van der Waals surface area contributed by atoms with Gasteiger partial charge in [0.05, 0.1) is 26.5 Å². The molecule has 0 unspecified atom stereocenters. The number of methoxy groups -OCH3 is 2. The monoisotopic (exact) mass is 355 g/mol. The van der Waals surface area contributed by atoms with Crippen LogP contribution < -0.4 is 20.2 Å². The minimum Gasteiger partial charge on any atom is -0.493 e.